The van der Waals surface area contributed by atoms with E-state index in [-0.39, 0.29) is 6.10 Å². The van der Waals surface area contributed by atoms with Gasteiger partial charge in [-0.25, -0.2) is 0 Å². The summed E-state index contributed by atoms with van der Waals surface area (Å²) in [5.41, 5.74) is 2.67. The zero-order chi connectivity index (χ0) is 10.7. The number of hydrogen-bond donors (Lipinski definition) is 0. The van der Waals surface area contributed by atoms with Crippen LogP contribution >= 0.6 is 0 Å². The Labute approximate surface area is 91.8 Å². The van der Waals surface area contributed by atoms with Gasteiger partial charge in [-0.3, -0.25) is 0 Å². The van der Waals surface area contributed by atoms with Gasteiger partial charge < -0.3 is 4.74 Å². The third-order valence-corrected chi connectivity index (χ3v) is 2.93. The maximum Gasteiger partial charge on any atom is 0.0834 e. The fraction of sp³-hybridized carbons (Fsp3) is 0.429. The molecule has 1 aromatic rings. The van der Waals surface area contributed by atoms with Crippen LogP contribution in [0.2, 0.25) is 0 Å². The summed E-state index contributed by atoms with van der Waals surface area (Å²) in [6.45, 7) is 4.35. The Balaban J connectivity index is 2.27. The Morgan fingerprint density at radius 3 is 2.40 bits per heavy atom. The van der Waals surface area contributed by atoms with Gasteiger partial charge in [0.2, 0.25) is 0 Å². The van der Waals surface area contributed by atoms with Crippen molar-refractivity contribution in [2.24, 2.45) is 0 Å². The lowest BCUT2D eigenvalue weighted by Crippen LogP contribution is -2.12. The molecule has 1 heterocycles. The molecule has 0 saturated carbocycles. The van der Waals surface area contributed by atoms with Crippen molar-refractivity contribution in [1.29, 1.82) is 0 Å². The van der Waals surface area contributed by atoms with Crippen LogP contribution in [0.1, 0.15) is 32.3 Å². The molecule has 0 radical (unpaired) electrons. The summed E-state index contributed by atoms with van der Waals surface area (Å²) in [5, 5.41) is 0. The van der Waals surface area contributed by atoms with Crippen LogP contribution in [0.25, 0.3) is 5.57 Å². The highest BCUT2D eigenvalue weighted by Gasteiger charge is 2.25. The molecule has 1 aliphatic rings. The Bertz CT molecular complexity index is 340. The molecule has 1 heteroatoms. The molecule has 0 aliphatic carbocycles. The van der Waals surface area contributed by atoms with E-state index in [0.717, 1.165) is 12.8 Å². The van der Waals surface area contributed by atoms with Crippen LogP contribution in [0.5, 0.6) is 0 Å². The molecule has 0 saturated heterocycles. The third-order valence-electron chi connectivity index (χ3n) is 2.93. The monoisotopic (exact) mass is 202 g/mol. The molecular formula is C14H18O. The van der Waals surface area contributed by atoms with Gasteiger partial charge in [0.1, 0.15) is 0 Å². The van der Waals surface area contributed by atoms with E-state index in [4.69, 9.17) is 4.74 Å². The number of benzene rings is 1. The zero-order valence-electron chi connectivity index (χ0n) is 9.44. The van der Waals surface area contributed by atoms with Gasteiger partial charge in [-0.1, -0.05) is 44.2 Å². The summed E-state index contributed by atoms with van der Waals surface area (Å²) in [4.78, 5) is 0. The van der Waals surface area contributed by atoms with Crippen LogP contribution in [-0.2, 0) is 4.74 Å². The predicted octanol–water partition coefficient (Wildman–Crippen LogP) is 3.66. The first kappa shape index (κ1) is 10.4. The smallest absolute Gasteiger partial charge is 0.0834 e. The fourth-order valence-electron chi connectivity index (χ4n) is 2.07. The van der Waals surface area contributed by atoms with Crippen molar-refractivity contribution in [3.8, 4) is 0 Å². The van der Waals surface area contributed by atoms with E-state index in [1.54, 1.807) is 0 Å². The molecule has 2 rings (SSSR count). The van der Waals surface area contributed by atoms with E-state index in [0.29, 0.717) is 6.10 Å². The van der Waals surface area contributed by atoms with Gasteiger partial charge in [0.25, 0.3) is 0 Å². The molecule has 1 aromatic carbocycles. The van der Waals surface area contributed by atoms with Crippen molar-refractivity contribution >= 4 is 5.57 Å². The molecule has 15 heavy (non-hydrogen) atoms. The van der Waals surface area contributed by atoms with E-state index in [1.165, 1.54) is 11.1 Å². The molecule has 0 N–H and O–H groups in total. The lowest BCUT2D eigenvalue weighted by molar-refractivity contribution is 0.0606. The number of ether oxygens (including phenoxy) is 1. The molecule has 1 nitrogen and oxygen atoms in total. The molecule has 2 atom stereocenters. The second-order valence-corrected chi connectivity index (χ2v) is 3.97. The second-order valence-electron chi connectivity index (χ2n) is 3.97. The van der Waals surface area contributed by atoms with Crippen LogP contribution < -0.4 is 0 Å². The van der Waals surface area contributed by atoms with Crippen molar-refractivity contribution in [2.75, 3.05) is 0 Å². The minimum absolute atomic E-state index is 0.289. The zero-order valence-corrected chi connectivity index (χ0v) is 9.44. The van der Waals surface area contributed by atoms with E-state index in [9.17, 15) is 0 Å². The quantitative estimate of drug-likeness (QED) is 0.727. The molecule has 80 valence electrons. The van der Waals surface area contributed by atoms with E-state index >= 15 is 0 Å². The lowest BCUT2D eigenvalue weighted by Gasteiger charge is -2.14. The van der Waals surface area contributed by atoms with Crippen molar-refractivity contribution in [2.45, 2.75) is 38.9 Å². The van der Waals surface area contributed by atoms with Crippen LogP contribution in [0.3, 0.4) is 0 Å². The van der Waals surface area contributed by atoms with Gasteiger partial charge in [0.05, 0.1) is 12.2 Å². The van der Waals surface area contributed by atoms with Crippen LogP contribution in [-0.4, -0.2) is 12.2 Å². The Morgan fingerprint density at radius 2 is 1.80 bits per heavy atom. The SMILES string of the molecule is CCC1C=C(c2ccccc2)C(CC)O1. The van der Waals surface area contributed by atoms with Crippen LogP contribution in [0, 0.1) is 0 Å². The first-order valence-corrected chi connectivity index (χ1v) is 5.77. The summed E-state index contributed by atoms with van der Waals surface area (Å²) in [5.74, 6) is 0. The first-order valence-electron chi connectivity index (χ1n) is 5.77. The van der Waals surface area contributed by atoms with Gasteiger partial charge in [-0.15, -0.1) is 0 Å². The van der Waals surface area contributed by atoms with E-state index in [2.05, 4.69) is 50.3 Å². The van der Waals surface area contributed by atoms with E-state index in [1.807, 2.05) is 0 Å². The van der Waals surface area contributed by atoms with Crippen molar-refractivity contribution in [3.63, 3.8) is 0 Å². The van der Waals surface area contributed by atoms with Crippen molar-refractivity contribution in [1.82, 2.24) is 0 Å². The molecule has 0 fully saturated rings. The summed E-state index contributed by atoms with van der Waals surface area (Å²) < 4.78 is 5.93. The van der Waals surface area contributed by atoms with Gasteiger partial charge in [-0.2, -0.15) is 0 Å². The highest BCUT2D eigenvalue weighted by Crippen LogP contribution is 2.31. The largest absolute Gasteiger partial charge is 0.366 e. The van der Waals surface area contributed by atoms with Crippen molar-refractivity contribution in [3.05, 3.63) is 42.0 Å². The average molecular weight is 202 g/mol. The topological polar surface area (TPSA) is 9.23 Å². The Kier molecular flexibility index (Phi) is 3.22. The molecule has 0 spiro atoms. The normalized spacial score (nSPS) is 25.3. The summed E-state index contributed by atoms with van der Waals surface area (Å²) in [7, 11) is 0. The Hall–Kier alpha value is -1.08. The van der Waals surface area contributed by atoms with Gasteiger partial charge in [-0.05, 0) is 30.1 Å². The second kappa shape index (κ2) is 4.63. The van der Waals surface area contributed by atoms with Crippen LogP contribution in [0.15, 0.2) is 36.4 Å². The third kappa shape index (κ3) is 2.13. The average Bonchev–Trinajstić information content (AvgIpc) is 2.73. The standard InChI is InChI=1S/C14H18O/c1-3-12-10-13(14(4-2)15-12)11-8-6-5-7-9-11/h5-10,12,14H,3-4H2,1-2H3. The van der Waals surface area contributed by atoms with E-state index < -0.39 is 0 Å². The summed E-state index contributed by atoms with van der Waals surface area (Å²) in [6.07, 6.45) is 5.00. The highest BCUT2D eigenvalue weighted by atomic mass is 16.5. The number of hydrogen-bond acceptors (Lipinski definition) is 1. The highest BCUT2D eigenvalue weighted by molar-refractivity contribution is 5.70. The lowest BCUT2D eigenvalue weighted by atomic mass is 9.99. The van der Waals surface area contributed by atoms with Gasteiger partial charge >= 0.3 is 0 Å². The Morgan fingerprint density at radius 1 is 1.07 bits per heavy atom. The molecule has 0 aromatic heterocycles. The summed E-state index contributed by atoms with van der Waals surface area (Å²) >= 11 is 0. The first-order chi connectivity index (χ1) is 7.35. The summed E-state index contributed by atoms with van der Waals surface area (Å²) in [6, 6.07) is 10.5. The molecule has 1 aliphatic heterocycles. The molecular weight excluding hydrogens is 184 g/mol. The predicted molar refractivity (Wildman–Crippen MR) is 63.7 cm³/mol. The minimum Gasteiger partial charge on any atom is -0.366 e. The maximum atomic E-state index is 5.93. The molecule has 2 unspecified atom stereocenters. The molecule has 0 amide bonds. The van der Waals surface area contributed by atoms with Crippen LogP contribution in [0.4, 0.5) is 0 Å². The van der Waals surface area contributed by atoms with Crippen molar-refractivity contribution < 1.29 is 4.74 Å². The maximum absolute atomic E-state index is 5.93. The van der Waals surface area contributed by atoms with Gasteiger partial charge in [0.15, 0.2) is 0 Å². The molecule has 0 bridgehead atoms. The van der Waals surface area contributed by atoms with Gasteiger partial charge in [0, 0.05) is 0 Å². The number of rotatable bonds is 3. The fourth-order valence-corrected chi connectivity index (χ4v) is 2.07. The minimum atomic E-state index is 0.289.